The number of amides is 2. The second kappa shape index (κ2) is 10.4. The van der Waals surface area contributed by atoms with Crippen molar-refractivity contribution in [3.8, 4) is 23.0 Å². The van der Waals surface area contributed by atoms with Gasteiger partial charge in [0.05, 0.1) is 24.9 Å². The van der Waals surface area contributed by atoms with Crippen LogP contribution in [0.4, 0.5) is 0 Å². The molecule has 2 aromatic carbocycles. The summed E-state index contributed by atoms with van der Waals surface area (Å²) >= 11 is 3.41. The van der Waals surface area contributed by atoms with E-state index in [-0.39, 0.29) is 12.7 Å². The molecule has 10 heteroatoms. The Morgan fingerprint density at radius 2 is 1.88 bits per heavy atom. The molecule has 0 fully saturated rings. The number of methoxy groups -OCH3 is 2. The van der Waals surface area contributed by atoms with Gasteiger partial charge in [0, 0.05) is 5.56 Å². The molecule has 9 nitrogen and oxygen atoms in total. The molecule has 0 saturated carbocycles. The number of hydrazone groups is 1. The van der Waals surface area contributed by atoms with E-state index in [1.807, 2.05) is 13.8 Å². The van der Waals surface area contributed by atoms with E-state index in [4.69, 9.17) is 18.9 Å². The molecule has 0 radical (unpaired) electrons. The first-order chi connectivity index (χ1) is 15.3. The largest absolute Gasteiger partial charge is 0.493 e. The molecule has 170 valence electrons. The van der Waals surface area contributed by atoms with Crippen molar-refractivity contribution >= 4 is 34.0 Å². The summed E-state index contributed by atoms with van der Waals surface area (Å²) < 4.78 is 21.8. The van der Waals surface area contributed by atoms with Crippen molar-refractivity contribution in [1.29, 1.82) is 0 Å². The molecule has 3 rings (SSSR count). The van der Waals surface area contributed by atoms with Gasteiger partial charge in [-0.05, 0) is 57.7 Å². The Bertz CT molecular complexity index is 1040. The molecule has 0 saturated heterocycles. The van der Waals surface area contributed by atoms with Crippen LogP contribution in [0.2, 0.25) is 0 Å². The minimum Gasteiger partial charge on any atom is -0.493 e. The van der Waals surface area contributed by atoms with Gasteiger partial charge in [-0.1, -0.05) is 13.8 Å². The van der Waals surface area contributed by atoms with E-state index in [1.54, 1.807) is 37.4 Å². The lowest BCUT2D eigenvalue weighted by molar-refractivity contribution is -0.123. The maximum Gasteiger partial charge on any atom is 0.262 e. The minimum atomic E-state index is -0.790. The summed E-state index contributed by atoms with van der Waals surface area (Å²) in [5.41, 5.74) is 3.53. The monoisotopic (exact) mass is 505 g/mol. The van der Waals surface area contributed by atoms with Crippen LogP contribution in [0.25, 0.3) is 0 Å². The number of nitrogens with one attached hydrogen (secondary N) is 2. The minimum absolute atomic E-state index is 0.117. The topological polar surface area (TPSA) is 107 Å². The Morgan fingerprint density at radius 3 is 2.56 bits per heavy atom. The van der Waals surface area contributed by atoms with Crippen LogP contribution in [0.5, 0.6) is 23.0 Å². The van der Waals surface area contributed by atoms with Gasteiger partial charge in [-0.15, -0.1) is 0 Å². The van der Waals surface area contributed by atoms with Crippen molar-refractivity contribution in [2.24, 2.45) is 11.0 Å². The zero-order valence-corrected chi connectivity index (χ0v) is 19.7. The van der Waals surface area contributed by atoms with Crippen molar-refractivity contribution in [3.05, 3.63) is 45.9 Å². The molecule has 2 N–H and O–H groups in total. The number of rotatable bonds is 8. The third-order valence-corrected chi connectivity index (χ3v) is 5.30. The van der Waals surface area contributed by atoms with Crippen molar-refractivity contribution < 1.29 is 28.5 Å². The van der Waals surface area contributed by atoms with Crippen LogP contribution in [0, 0.1) is 5.92 Å². The second-order valence-electron chi connectivity index (χ2n) is 7.24. The lowest BCUT2D eigenvalue weighted by atomic mass is 10.0. The molecule has 1 aliphatic rings. The molecule has 0 spiro atoms. The Morgan fingerprint density at radius 1 is 1.12 bits per heavy atom. The zero-order chi connectivity index (χ0) is 23.3. The summed E-state index contributed by atoms with van der Waals surface area (Å²) in [5, 5.41) is 6.76. The van der Waals surface area contributed by atoms with Crippen LogP contribution in [-0.4, -0.2) is 45.1 Å². The van der Waals surface area contributed by atoms with Gasteiger partial charge in [-0.3, -0.25) is 9.59 Å². The van der Waals surface area contributed by atoms with E-state index in [1.165, 1.54) is 13.3 Å². The van der Waals surface area contributed by atoms with Crippen LogP contribution >= 0.6 is 15.9 Å². The molecular weight excluding hydrogens is 482 g/mol. The third-order valence-electron chi connectivity index (χ3n) is 4.71. The first-order valence-electron chi connectivity index (χ1n) is 9.79. The average molecular weight is 506 g/mol. The van der Waals surface area contributed by atoms with Gasteiger partial charge in [-0.25, -0.2) is 5.43 Å². The molecular formula is C22H24BrN3O6. The number of carbonyl (C=O) groups is 2. The fourth-order valence-corrected chi connectivity index (χ4v) is 3.67. The van der Waals surface area contributed by atoms with E-state index < -0.39 is 17.9 Å². The van der Waals surface area contributed by atoms with Crippen LogP contribution in [-0.2, 0) is 4.79 Å². The Labute approximate surface area is 194 Å². The predicted molar refractivity (Wildman–Crippen MR) is 122 cm³/mol. The normalized spacial score (nSPS) is 13.2. The van der Waals surface area contributed by atoms with Crippen LogP contribution < -0.4 is 29.7 Å². The fourth-order valence-electron chi connectivity index (χ4n) is 3.05. The van der Waals surface area contributed by atoms with Gasteiger partial charge in [-0.2, -0.15) is 5.10 Å². The van der Waals surface area contributed by atoms with E-state index >= 15 is 0 Å². The highest BCUT2D eigenvalue weighted by Crippen LogP contribution is 2.36. The summed E-state index contributed by atoms with van der Waals surface area (Å²) in [7, 11) is 3.07. The maximum atomic E-state index is 12.7. The number of nitrogens with zero attached hydrogens (tertiary/aromatic N) is 1. The second-order valence-corrected chi connectivity index (χ2v) is 8.09. The smallest absolute Gasteiger partial charge is 0.262 e. The third kappa shape index (κ3) is 5.31. The highest BCUT2D eigenvalue weighted by Gasteiger charge is 2.25. The van der Waals surface area contributed by atoms with Crippen LogP contribution in [0.15, 0.2) is 39.9 Å². The number of fused-ring (bicyclic) bond motifs is 1. The van der Waals surface area contributed by atoms with Gasteiger partial charge in [0.2, 0.25) is 6.79 Å². The van der Waals surface area contributed by atoms with Gasteiger partial charge in [0.25, 0.3) is 11.8 Å². The van der Waals surface area contributed by atoms with Crippen LogP contribution in [0.3, 0.4) is 0 Å². The summed E-state index contributed by atoms with van der Waals surface area (Å²) in [6, 6.07) is 7.57. The van der Waals surface area contributed by atoms with Crippen molar-refractivity contribution in [1.82, 2.24) is 10.7 Å². The predicted octanol–water partition coefficient (Wildman–Crippen LogP) is 3.10. The average Bonchev–Trinajstić information content (AvgIpc) is 3.24. The van der Waals surface area contributed by atoms with Crippen LogP contribution in [0.1, 0.15) is 29.8 Å². The van der Waals surface area contributed by atoms with E-state index in [2.05, 4.69) is 31.8 Å². The van der Waals surface area contributed by atoms with Gasteiger partial charge in [0.15, 0.2) is 23.0 Å². The molecule has 1 heterocycles. The summed E-state index contributed by atoms with van der Waals surface area (Å²) in [6.07, 6.45) is 1.47. The Kier molecular flexibility index (Phi) is 7.57. The SMILES string of the molecule is COc1cc(/C=N/NC(=O)C(NC(=O)c2ccc3c(c2)OCO3)C(C)C)cc(Br)c1OC. The Balaban J connectivity index is 1.66. The highest BCUT2D eigenvalue weighted by atomic mass is 79.9. The molecule has 2 aromatic rings. The lowest BCUT2D eigenvalue weighted by Gasteiger charge is -2.20. The quantitative estimate of drug-likeness (QED) is 0.421. The molecule has 0 aromatic heterocycles. The summed E-state index contributed by atoms with van der Waals surface area (Å²) in [5.74, 6) is 1.14. The molecule has 1 atom stereocenters. The van der Waals surface area contributed by atoms with Crippen molar-refractivity contribution in [2.75, 3.05) is 21.0 Å². The molecule has 1 aliphatic heterocycles. The highest BCUT2D eigenvalue weighted by molar-refractivity contribution is 9.10. The number of hydrogen-bond donors (Lipinski definition) is 2. The van der Waals surface area contributed by atoms with E-state index in [0.717, 1.165) is 0 Å². The molecule has 0 aliphatic carbocycles. The fraction of sp³-hybridized carbons (Fsp3) is 0.318. The Hall–Kier alpha value is -3.27. The number of hydrogen-bond acceptors (Lipinski definition) is 7. The number of benzene rings is 2. The van der Waals surface area contributed by atoms with Gasteiger partial charge in [0.1, 0.15) is 6.04 Å². The number of carbonyl (C=O) groups excluding carboxylic acids is 2. The zero-order valence-electron chi connectivity index (χ0n) is 18.1. The first-order valence-corrected chi connectivity index (χ1v) is 10.6. The first kappa shape index (κ1) is 23.4. The molecule has 0 bridgehead atoms. The van der Waals surface area contributed by atoms with Gasteiger partial charge >= 0.3 is 0 Å². The number of halogens is 1. The summed E-state index contributed by atoms with van der Waals surface area (Å²) in [6.45, 7) is 3.78. The van der Waals surface area contributed by atoms with E-state index in [0.29, 0.717) is 38.6 Å². The number of ether oxygens (including phenoxy) is 4. The van der Waals surface area contributed by atoms with E-state index in [9.17, 15) is 9.59 Å². The standard InChI is InChI=1S/C22H24BrN3O6/c1-12(2)19(25-21(27)14-5-6-16-17(9-14)32-11-31-16)22(28)26-24-10-13-7-15(23)20(30-4)18(8-13)29-3/h5-10,12,19H,11H2,1-4H3,(H,25,27)(H,26,28)/b24-10+. The lowest BCUT2D eigenvalue weighted by Crippen LogP contribution is -2.48. The molecule has 2 amide bonds. The summed E-state index contributed by atoms with van der Waals surface area (Å²) in [4.78, 5) is 25.4. The van der Waals surface area contributed by atoms with Crippen molar-refractivity contribution in [2.45, 2.75) is 19.9 Å². The van der Waals surface area contributed by atoms with Crippen molar-refractivity contribution in [3.63, 3.8) is 0 Å². The molecule has 32 heavy (non-hydrogen) atoms. The maximum absolute atomic E-state index is 12.7. The molecule has 1 unspecified atom stereocenters. The van der Waals surface area contributed by atoms with Gasteiger partial charge < -0.3 is 24.3 Å².